The van der Waals surface area contributed by atoms with Crippen LogP contribution in [0.1, 0.15) is 12.0 Å². The Labute approximate surface area is 115 Å². The molecule has 1 aliphatic heterocycles. The first-order chi connectivity index (χ1) is 9.70. The second-order valence-electron chi connectivity index (χ2n) is 4.65. The Bertz CT molecular complexity index is 682. The van der Waals surface area contributed by atoms with E-state index in [0.717, 1.165) is 23.0 Å². The summed E-state index contributed by atoms with van der Waals surface area (Å²) in [6.07, 6.45) is 5.49. The number of anilines is 1. The molecule has 1 aromatic heterocycles. The van der Waals surface area contributed by atoms with Gasteiger partial charge in [0.1, 0.15) is 11.7 Å². The van der Waals surface area contributed by atoms with Crippen LogP contribution in [0.2, 0.25) is 0 Å². The van der Waals surface area contributed by atoms with E-state index < -0.39 is 5.82 Å². The Balaban J connectivity index is 2.14. The summed E-state index contributed by atoms with van der Waals surface area (Å²) in [6, 6.07) is 7.04. The van der Waals surface area contributed by atoms with Gasteiger partial charge >= 0.3 is 0 Å². The second kappa shape index (κ2) is 4.85. The largest absolute Gasteiger partial charge is 0.291 e. The summed E-state index contributed by atoms with van der Waals surface area (Å²) in [4.78, 5) is 5.34. The van der Waals surface area contributed by atoms with Gasteiger partial charge in [0.05, 0.1) is 12.0 Å². The van der Waals surface area contributed by atoms with E-state index in [2.05, 4.69) is 4.98 Å². The zero-order valence-electron chi connectivity index (χ0n) is 10.7. The summed E-state index contributed by atoms with van der Waals surface area (Å²) < 4.78 is 14.4. The van der Waals surface area contributed by atoms with Crippen LogP contribution in [0.25, 0.3) is 11.1 Å². The molecule has 0 aliphatic carbocycles. The van der Waals surface area contributed by atoms with Gasteiger partial charge in [-0.3, -0.25) is 20.7 Å². The lowest BCUT2D eigenvalue weighted by molar-refractivity contribution is 0.626. The summed E-state index contributed by atoms with van der Waals surface area (Å²) in [5.41, 5.74) is 2.77. The molecule has 20 heavy (non-hydrogen) atoms. The number of amidine groups is 1. The molecule has 0 amide bonds. The van der Waals surface area contributed by atoms with Crippen molar-refractivity contribution >= 4 is 17.9 Å². The zero-order chi connectivity index (χ0) is 14.1. The van der Waals surface area contributed by atoms with E-state index in [-0.39, 0.29) is 5.84 Å². The molecule has 0 radical (unpaired) electrons. The van der Waals surface area contributed by atoms with Crippen LogP contribution in [0.5, 0.6) is 0 Å². The third-order valence-corrected chi connectivity index (χ3v) is 3.43. The molecule has 2 N–H and O–H groups in total. The number of benzene rings is 1. The third kappa shape index (κ3) is 1.97. The summed E-state index contributed by atoms with van der Waals surface area (Å²) in [6.45, 7) is 0. The van der Waals surface area contributed by atoms with Crippen molar-refractivity contribution in [2.24, 2.45) is 0 Å². The first-order valence-corrected chi connectivity index (χ1v) is 6.31. The zero-order valence-corrected chi connectivity index (χ0v) is 10.7. The predicted molar refractivity (Wildman–Crippen MR) is 76.9 cm³/mol. The standard InChI is InChI=1S/C15H13FN4/c16-13-7-12(11-2-1-5-19-8-11)6-10-3-4-14(18)20(9-17)15(10)13/h1-2,5-9,17-18H,3-4H2. The van der Waals surface area contributed by atoms with E-state index in [1.165, 1.54) is 11.0 Å². The summed E-state index contributed by atoms with van der Waals surface area (Å²) in [7, 11) is 0. The maximum absolute atomic E-state index is 14.4. The van der Waals surface area contributed by atoms with Gasteiger partial charge < -0.3 is 0 Å². The molecule has 2 heterocycles. The molecule has 3 rings (SSSR count). The van der Waals surface area contributed by atoms with Crippen LogP contribution in [0, 0.1) is 16.6 Å². The van der Waals surface area contributed by atoms with Crippen LogP contribution in [-0.2, 0) is 6.42 Å². The average molecular weight is 268 g/mol. The van der Waals surface area contributed by atoms with Gasteiger partial charge in [0.25, 0.3) is 0 Å². The number of pyridine rings is 1. The third-order valence-electron chi connectivity index (χ3n) is 3.43. The Morgan fingerprint density at radius 1 is 1.25 bits per heavy atom. The van der Waals surface area contributed by atoms with E-state index in [4.69, 9.17) is 10.8 Å². The quantitative estimate of drug-likeness (QED) is 0.648. The van der Waals surface area contributed by atoms with Gasteiger partial charge in [0.15, 0.2) is 0 Å². The monoisotopic (exact) mass is 268 g/mol. The lowest BCUT2D eigenvalue weighted by Crippen LogP contribution is -2.33. The van der Waals surface area contributed by atoms with Gasteiger partial charge in [-0.05, 0) is 35.7 Å². The Morgan fingerprint density at radius 2 is 2.10 bits per heavy atom. The van der Waals surface area contributed by atoms with Crippen molar-refractivity contribution in [3.63, 3.8) is 0 Å². The highest BCUT2D eigenvalue weighted by Crippen LogP contribution is 2.34. The van der Waals surface area contributed by atoms with Crippen LogP contribution in [0.15, 0.2) is 36.7 Å². The molecule has 0 bridgehead atoms. The maximum Gasteiger partial charge on any atom is 0.148 e. The molecule has 0 spiro atoms. The van der Waals surface area contributed by atoms with Crippen LogP contribution in [0.4, 0.5) is 10.1 Å². The fraction of sp³-hybridized carbons (Fsp3) is 0.133. The van der Waals surface area contributed by atoms with Gasteiger partial charge in [-0.15, -0.1) is 0 Å². The van der Waals surface area contributed by atoms with E-state index in [0.29, 0.717) is 18.5 Å². The highest BCUT2D eigenvalue weighted by Gasteiger charge is 2.24. The molecule has 0 saturated heterocycles. The number of fused-ring (bicyclic) bond motifs is 1. The SMILES string of the molecule is N=CN1C(=N)CCc2cc(-c3cccnc3)cc(F)c21. The fourth-order valence-corrected chi connectivity index (χ4v) is 2.47. The lowest BCUT2D eigenvalue weighted by Gasteiger charge is -2.28. The van der Waals surface area contributed by atoms with Crippen molar-refractivity contribution in [3.05, 3.63) is 48.0 Å². The molecule has 0 atom stereocenters. The van der Waals surface area contributed by atoms with E-state index >= 15 is 0 Å². The number of hydrogen-bond donors (Lipinski definition) is 2. The summed E-state index contributed by atoms with van der Waals surface area (Å²) >= 11 is 0. The van der Waals surface area contributed by atoms with Gasteiger partial charge in [0.2, 0.25) is 0 Å². The van der Waals surface area contributed by atoms with Gasteiger partial charge in [-0.25, -0.2) is 4.39 Å². The number of aromatic nitrogens is 1. The molecule has 4 nitrogen and oxygen atoms in total. The number of rotatable bonds is 2. The minimum absolute atomic E-state index is 0.250. The number of hydrogen-bond acceptors (Lipinski definition) is 3. The van der Waals surface area contributed by atoms with Crippen LogP contribution in [-0.4, -0.2) is 17.2 Å². The van der Waals surface area contributed by atoms with Gasteiger partial charge in [-0.2, -0.15) is 0 Å². The second-order valence-corrected chi connectivity index (χ2v) is 4.65. The molecular formula is C15H13FN4. The van der Waals surface area contributed by atoms with Crippen LogP contribution < -0.4 is 4.90 Å². The molecule has 0 unspecified atom stereocenters. The molecular weight excluding hydrogens is 255 g/mol. The number of aryl methyl sites for hydroxylation is 1. The normalized spacial score (nSPS) is 14.1. The molecule has 0 saturated carbocycles. The van der Waals surface area contributed by atoms with Crippen molar-refractivity contribution in [2.75, 3.05) is 4.90 Å². The molecule has 5 heteroatoms. The Kier molecular flexibility index (Phi) is 3.02. The molecule has 1 aliphatic rings. The number of nitrogens with one attached hydrogen (secondary N) is 2. The molecule has 2 aromatic rings. The fourth-order valence-electron chi connectivity index (χ4n) is 2.47. The molecule has 0 fully saturated rings. The van der Waals surface area contributed by atoms with E-state index in [1.54, 1.807) is 12.4 Å². The minimum atomic E-state index is -0.408. The minimum Gasteiger partial charge on any atom is -0.291 e. The van der Waals surface area contributed by atoms with Gasteiger partial charge in [0, 0.05) is 24.4 Å². The van der Waals surface area contributed by atoms with Crippen molar-refractivity contribution in [3.8, 4) is 11.1 Å². The first kappa shape index (κ1) is 12.5. The molecule has 100 valence electrons. The van der Waals surface area contributed by atoms with Crippen molar-refractivity contribution in [1.82, 2.24) is 4.98 Å². The van der Waals surface area contributed by atoms with E-state index in [1.807, 2.05) is 18.2 Å². The smallest absolute Gasteiger partial charge is 0.148 e. The summed E-state index contributed by atoms with van der Waals surface area (Å²) in [5.74, 6) is -0.158. The maximum atomic E-state index is 14.4. The van der Waals surface area contributed by atoms with E-state index in [9.17, 15) is 4.39 Å². The van der Waals surface area contributed by atoms with Crippen molar-refractivity contribution < 1.29 is 4.39 Å². The van der Waals surface area contributed by atoms with Crippen LogP contribution >= 0.6 is 0 Å². The topological polar surface area (TPSA) is 63.8 Å². The highest BCUT2D eigenvalue weighted by atomic mass is 19.1. The summed E-state index contributed by atoms with van der Waals surface area (Å²) in [5, 5.41) is 15.1. The van der Waals surface area contributed by atoms with Crippen molar-refractivity contribution in [1.29, 1.82) is 10.8 Å². The Hall–Kier alpha value is -2.56. The number of halogens is 1. The van der Waals surface area contributed by atoms with Crippen LogP contribution in [0.3, 0.4) is 0 Å². The predicted octanol–water partition coefficient (Wildman–Crippen LogP) is 3.22. The lowest BCUT2D eigenvalue weighted by atomic mass is 9.96. The van der Waals surface area contributed by atoms with Gasteiger partial charge in [-0.1, -0.05) is 6.07 Å². The average Bonchev–Trinajstić information content (AvgIpc) is 2.48. The Morgan fingerprint density at radius 3 is 2.80 bits per heavy atom. The number of nitrogens with zero attached hydrogens (tertiary/aromatic N) is 2. The first-order valence-electron chi connectivity index (χ1n) is 6.31. The highest BCUT2D eigenvalue weighted by molar-refractivity contribution is 6.11. The van der Waals surface area contributed by atoms with Crippen molar-refractivity contribution in [2.45, 2.75) is 12.8 Å². The molecule has 1 aromatic carbocycles.